The van der Waals surface area contributed by atoms with Gasteiger partial charge in [0.25, 0.3) is 5.69 Å². The quantitative estimate of drug-likeness (QED) is 0.496. The number of fused-ring (bicyclic) bond motifs is 1. The molecule has 1 aromatic heterocycles. The fourth-order valence-electron chi connectivity index (χ4n) is 1.14. The van der Waals surface area contributed by atoms with E-state index in [0.29, 0.717) is 11.0 Å². The lowest BCUT2D eigenvalue weighted by atomic mass is 10.3. The zero-order valence-electron chi connectivity index (χ0n) is 6.32. The van der Waals surface area contributed by atoms with Crippen molar-refractivity contribution in [3.8, 4) is 0 Å². The van der Waals surface area contributed by atoms with Crippen LogP contribution < -0.4 is 0 Å². The Morgan fingerprint density at radius 2 is 2.31 bits per heavy atom. The summed E-state index contributed by atoms with van der Waals surface area (Å²) in [5, 5.41) is 10.6. The number of non-ortho nitro benzene ring substituents is 1. The van der Waals surface area contributed by atoms with Gasteiger partial charge in [-0.15, -0.1) is 0 Å². The van der Waals surface area contributed by atoms with Gasteiger partial charge in [0.15, 0.2) is 5.52 Å². The van der Waals surface area contributed by atoms with Crippen molar-refractivity contribution >= 4 is 39.3 Å². The van der Waals surface area contributed by atoms with E-state index in [4.69, 9.17) is 0 Å². The fraction of sp³-hybridized carbons (Fsp3) is 0. The van der Waals surface area contributed by atoms with Gasteiger partial charge >= 0.3 is 0 Å². The molecule has 0 radical (unpaired) electrons. The summed E-state index contributed by atoms with van der Waals surface area (Å²) in [6.07, 6.45) is 1.45. The van der Waals surface area contributed by atoms with Crippen LogP contribution in [0.4, 0.5) is 5.69 Å². The lowest BCUT2D eigenvalue weighted by molar-refractivity contribution is -0.383. The highest BCUT2D eigenvalue weighted by molar-refractivity contribution is 14.1. The standard InChI is InChI=1S/C7H4IN3O2/c8-4-1-5-7(10-3-9-5)6(2-4)11(12)13/h1-3H,(H,9,10). The predicted octanol–water partition coefficient (Wildman–Crippen LogP) is 2.08. The molecule has 0 amide bonds. The van der Waals surface area contributed by atoms with Gasteiger partial charge in [-0.05, 0) is 28.7 Å². The molecule has 0 unspecified atom stereocenters. The molecule has 0 spiro atoms. The van der Waals surface area contributed by atoms with Gasteiger partial charge < -0.3 is 4.98 Å². The second-order valence-electron chi connectivity index (χ2n) is 2.48. The van der Waals surface area contributed by atoms with Crippen LogP contribution in [0, 0.1) is 13.7 Å². The highest BCUT2D eigenvalue weighted by Gasteiger charge is 2.14. The van der Waals surface area contributed by atoms with Gasteiger partial charge in [0, 0.05) is 9.64 Å². The number of H-pyrrole nitrogens is 1. The molecular weight excluding hydrogens is 285 g/mol. The summed E-state index contributed by atoms with van der Waals surface area (Å²) >= 11 is 2.03. The SMILES string of the molecule is O=[N+]([O-])c1cc(I)cc2[nH]cnc12. The number of halogens is 1. The van der Waals surface area contributed by atoms with Crippen LogP contribution in [-0.4, -0.2) is 14.9 Å². The largest absolute Gasteiger partial charge is 0.344 e. The van der Waals surface area contributed by atoms with Crippen molar-refractivity contribution in [1.82, 2.24) is 9.97 Å². The maximum Gasteiger partial charge on any atom is 0.298 e. The van der Waals surface area contributed by atoms with E-state index in [9.17, 15) is 10.1 Å². The number of aromatic amines is 1. The summed E-state index contributed by atoms with van der Waals surface area (Å²) < 4.78 is 0.820. The van der Waals surface area contributed by atoms with Gasteiger partial charge in [-0.1, -0.05) is 0 Å². The number of nitrogens with one attached hydrogen (secondary N) is 1. The Morgan fingerprint density at radius 3 is 3.00 bits per heavy atom. The van der Waals surface area contributed by atoms with E-state index in [2.05, 4.69) is 9.97 Å². The van der Waals surface area contributed by atoms with Crippen LogP contribution in [-0.2, 0) is 0 Å². The van der Waals surface area contributed by atoms with Crippen molar-refractivity contribution in [3.63, 3.8) is 0 Å². The van der Waals surface area contributed by atoms with Crippen molar-refractivity contribution in [1.29, 1.82) is 0 Å². The second-order valence-corrected chi connectivity index (χ2v) is 3.73. The van der Waals surface area contributed by atoms with E-state index in [1.54, 1.807) is 0 Å². The fourth-order valence-corrected chi connectivity index (χ4v) is 1.74. The third kappa shape index (κ3) is 1.37. The van der Waals surface area contributed by atoms with Crippen molar-refractivity contribution in [2.75, 3.05) is 0 Å². The van der Waals surface area contributed by atoms with Crippen molar-refractivity contribution in [2.24, 2.45) is 0 Å². The molecule has 13 heavy (non-hydrogen) atoms. The lowest BCUT2D eigenvalue weighted by Gasteiger charge is -1.93. The van der Waals surface area contributed by atoms with Crippen LogP contribution in [0.2, 0.25) is 0 Å². The minimum absolute atomic E-state index is 0.0446. The van der Waals surface area contributed by atoms with Gasteiger partial charge in [0.2, 0.25) is 0 Å². The van der Waals surface area contributed by atoms with Crippen LogP contribution in [0.15, 0.2) is 18.5 Å². The molecule has 0 aliphatic rings. The number of nitro groups is 1. The first kappa shape index (κ1) is 8.42. The number of rotatable bonds is 1. The molecule has 1 N–H and O–H groups in total. The van der Waals surface area contributed by atoms with E-state index in [0.717, 1.165) is 3.57 Å². The Kier molecular flexibility index (Phi) is 1.91. The number of benzene rings is 1. The number of aromatic nitrogens is 2. The molecule has 1 aromatic carbocycles. The first-order chi connectivity index (χ1) is 6.18. The summed E-state index contributed by atoms with van der Waals surface area (Å²) in [6, 6.07) is 3.32. The third-order valence-electron chi connectivity index (χ3n) is 1.66. The van der Waals surface area contributed by atoms with E-state index < -0.39 is 4.92 Å². The summed E-state index contributed by atoms with van der Waals surface area (Å²) in [6.45, 7) is 0. The highest BCUT2D eigenvalue weighted by Crippen LogP contribution is 2.25. The minimum Gasteiger partial charge on any atom is -0.344 e. The monoisotopic (exact) mass is 289 g/mol. The van der Waals surface area contributed by atoms with Crippen LogP contribution in [0.5, 0.6) is 0 Å². The topological polar surface area (TPSA) is 71.8 Å². The summed E-state index contributed by atoms with van der Waals surface area (Å²) in [5.74, 6) is 0. The smallest absolute Gasteiger partial charge is 0.298 e. The molecule has 0 atom stereocenters. The van der Waals surface area contributed by atoms with E-state index in [-0.39, 0.29) is 5.69 Å². The number of hydrogen-bond acceptors (Lipinski definition) is 3. The average Bonchev–Trinajstić information content (AvgIpc) is 2.49. The molecular formula is C7H4IN3O2. The Balaban J connectivity index is 2.84. The van der Waals surface area contributed by atoms with Crippen LogP contribution in [0.1, 0.15) is 0 Å². The lowest BCUT2D eigenvalue weighted by Crippen LogP contribution is -1.90. The normalized spacial score (nSPS) is 10.5. The summed E-state index contributed by atoms with van der Waals surface area (Å²) in [4.78, 5) is 16.9. The first-order valence-corrected chi connectivity index (χ1v) is 4.53. The number of nitrogens with zero attached hydrogens (tertiary/aromatic N) is 2. The van der Waals surface area contributed by atoms with E-state index >= 15 is 0 Å². The average molecular weight is 289 g/mol. The van der Waals surface area contributed by atoms with Crippen LogP contribution >= 0.6 is 22.6 Å². The molecule has 0 saturated heterocycles. The van der Waals surface area contributed by atoms with Gasteiger partial charge in [-0.2, -0.15) is 0 Å². The van der Waals surface area contributed by atoms with Crippen LogP contribution in [0.3, 0.4) is 0 Å². The molecule has 0 aliphatic heterocycles. The molecule has 2 rings (SSSR count). The summed E-state index contributed by atoms with van der Waals surface area (Å²) in [7, 11) is 0. The highest BCUT2D eigenvalue weighted by atomic mass is 127. The summed E-state index contributed by atoms with van der Waals surface area (Å²) in [5.41, 5.74) is 1.15. The first-order valence-electron chi connectivity index (χ1n) is 3.45. The second kappa shape index (κ2) is 2.95. The van der Waals surface area contributed by atoms with Crippen molar-refractivity contribution < 1.29 is 4.92 Å². The third-order valence-corrected chi connectivity index (χ3v) is 2.29. The Hall–Kier alpha value is -1.18. The van der Waals surface area contributed by atoms with Crippen molar-refractivity contribution in [2.45, 2.75) is 0 Å². The van der Waals surface area contributed by atoms with Gasteiger partial charge in [-0.25, -0.2) is 4.98 Å². The molecule has 0 fully saturated rings. The molecule has 0 aliphatic carbocycles. The van der Waals surface area contributed by atoms with Gasteiger partial charge in [0.05, 0.1) is 16.8 Å². The Bertz CT molecular complexity index is 480. The molecule has 6 heteroatoms. The number of nitro benzene ring substituents is 1. The number of hydrogen-bond donors (Lipinski definition) is 1. The minimum atomic E-state index is -0.425. The number of imidazole rings is 1. The zero-order chi connectivity index (χ0) is 9.42. The maximum atomic E-state index is 10.6. The Morgan fingerprint density at radius 1 is 1.54 bits per heavy atom. The van der Waals surface area contributed by atoms with Crippen molar-refractivity contribution in [3.05, 3.63) is 32.1 Å². The predicted molar refractivity (Wildman–Crippen MR) is 55.5 cm³/mol. The van der Waals surface area contributed by atoms with Gasteiger partial charge in [0.1, 0.15) is 0 Å². The van der Waals surface area contributed by atoms with E-state index in [1.807, 2.05) is 28.7 Å². The molecule has 5 nitrogen and oxygen atoms in total. The van der Waals surface area contributed by atoms with Gasteiger partial charge in [-0.3, -0.25) is 10.1 Å². The maximum absolute atomic E-state index is 10.6. The molecule has 0 bridgehead atoms. The molecule has 1 heterocycles. The zero-order valence-corrected chi connectivity index (χ0v) is 8.48. The Labute approximate surface area is 86.5 Å². The molecule has 66 valence electrons. The molecule has 0 saturated carbocycles. The molecule has 2 aromatic rings. The van der Waals surface area contributed by atoms with E-state index in [1.165, 1.54) is 12.4 Å². The van der Waals surface area contributed by atoms with Crippen LogP contribution in [0.25, 0.3) is 11.0 Å².